The van der Waals surface area contributed by atoms with E-state index < -0.39 is 18.5 Å². The largest absolute Gasteiger partial charge is 0.462 e. The standard InChI is InChI=1S/C34H50O5/c1-5-6-7-8-26-9-11-27(12-10-26)28-13-15-29(16-14-28)30-17-19-31(20-18-30)32(22-38-33(36)24(2)3)23-39-34(37)25(4)21-35/h13-16,26-27,30-32,35H,2,4-12,17-23H2,1,3H3. The molecule has 0 radical (unpaired) electrons. The Kier molecular flexibility index (Phi) is 12.8. The molecule has 0 amide bonds. The van der Waals surface area contributed by atoms with Gasteiger partial charge in [-0.3, -0.25) is 0 Å². The normalized spacial score (nSPS) is 24.0. The van der Waals surface area contributed by atoms with Gasteiger partial charge in [-0.15, -0.1) is 0 Å². The molecule has 39 heavy (non-hydrogen) atoms. The molecule has 5 heteroatoms. The molecular weight excluding hydrogens is 488 g/mol. The summed E-state index contributed by atoms with van der Waals surface area (Å²) < 4.78 is 10.9. The number of rotatable bonds is 14. The number of carbonyl (C=O) groups is 2. The van der Waals surface area contributed by atoms with Gasteiger partial charge in [0.15, 0.2) is 0 Å². The van der Waals surface area contributed by atoms with Crippen LogP contribution in [0.2, 0.25) is 0 Å². The van der Waals surface area contributed by atoms with Crippen LogP contribution in [-0.2, 0) is 19.1 Å². The predicted octanol–water partition coefficient (Wildman–Crippen LogP) is 7.64. The second-order valence-electron chi connectivity index (χ2n) is 12.0. The van der Waals surface area contributed by atoms with Crippen LogP contribution in [0.4, 0.5) is 0 Å². The lowest BCUT2D eigenvalue weighted by Gasteiger charge is -2.34. The fraction of sp³-hybridized carbons (Fsp3) is 0.647. The van der Waals surface area contributed by atoms with Crippen molar-refractivity contribution >= 4 is 11.9 Å². The Labute approximate surface area is 236 Å². The topological polar surface area (TPSA) is 72.8 Å². The van der Waals surface area contributed by atoms with Crippen molar-refractivity contribution in [1.82, 2.24) is 0 Å². The summed E-state index contributed by atoms with van der Waals surface area (Å²) in [4.78, 5) is 24.0. The Morgan fingerprint density at radius 3 is 1.85 bits per heavy atom. The van der Waals surface area contributed by atoms with Crippen molar-refractivity contribution in [2.45, 2.75) is 103 Å². The summed E-state index contributed by atoms with van der Waals surface area (Å²) in [6, 6.07) is 9.44. The third-order valence-corrected chi connectivity index (χ3v) is 9.07. The Bertz CT molecular complexity index is 933. The van der Waals surface area contributed by atoms with E-state index >= 15 is 0 Å². The zero-order valence-electron chi connectivity index (χ0n) is 24.3. The third-order valence-electron chi connectivity index (χ3n) is 9.07. The lowest BCUT2D eigenvalue weighted by Crippen LogP contribution is -2.30. The van der Waals surface area contributed by atoms with Crippen LogP contribution in [0.25, 0.3) is 0 Å². The molecule has 5 nitrogen and oxygen atoms in total. The molecule has 2 aliphatic rings. The monoisotopic (exact) mass is 538 g/mol. The minimum Gasteiger partial charge on any atom is -0.462 e. The average molecular weight is 539 g/mol. The van der Waals surface area contributed by atoms with Crippen molar-refractivity contribution in [3.8, 4) is 0 Å². The number of unbranched alkanes of at least 4 members (excludes halogenated alkanes) is 2. The van der Waals surface area contributed by atoms with Crippen LogP contribution in [-0.4, -0.2) is 36.9 Å². The van der Waals surface area contributed by atoms with Crippen molar-refractivity contribution in [3.63, 3.8) is 0 Å². The number of hydrogen-bond donors (Lipinski definition) is 1. The van der Waals surface area contributed by atoms with Crippen LogP contribution in [0.15, 0.2) is 48.6 Å². The van der Waals surface area contributed by atoms with Crippen LogP contribution < -0.4 is 0 Å². The molecule has 1 atom stereocenters. The van der Waals surface area contributed by atoms with Crippen molar-refractivity contribution < 1.29 is 24.2 Å². The maximum Gasteiger partial charge on any atom is 0.335 e. The number of ether oxygens (including phenoxy) is 2. The maximum atomic E-state index is 12.1. The van der Waals surface area contributed by atoms with Crippen molar-refractivity contribution in [2.24, 2.45) is 17.8 Å². The molecule has 2 aliphatic carbocycles. The molecule has 1 aromatic rings. The van der Waals surface area contributed by atoms with Gasteiger partial charge in [0.05, 0.1) is 25.4 Å². The molecule has 1 unspecified atom stereocenters. The molecular formula is C34H50O5. The van der Waals surface area contributed by atoms with E-state index in [1.54, 1.807) is 6.92 Å². The van der Waals surface area contributed by atoms with Crippen LogP contribution in [0.5, 0.6) is 0 Å². The van der Waals surface area contributed by atoms with E-state index in [2.05, 4.69) is 44.3 Å². The number of benzene rings is 1. The van der Waals surface area contributed by atoms with E-state index in [0.717, 1.165) is 31.6 Å². The predicted molar refractivity (Wildman–Crippen MR) is 156 cm³/mol. The molecule has 0 aromatic heterocycles. The Morgan fingerprint density at radius 1 is 0.846 bits per heavy atom. The van der Waals surface area contributed by atoms with E-state index in [9.17, 15) is 9.59 Å². The first kappa shape index (κ1) is 31.1. The molecule has 1 N–H and O–H groups in total. The molecule has 0 heterocycles. The van der Waals surface area contributed by atoms with E-state index in [4.69, 9.17) is 14.6 Å². The highest BCUT2D eigenvalue weighted by Crippen LogP contribution is 2.41. The van der Waals surface area contributed by atoms with Gasteiger partial charge in [-0.1, -0.05) is 70.0 Å². The molecule has 216 valence electrons. The molecule has 0 aliphatic heterocycles. The first-order valence-electron chi connectivity index (χ1n) is 15.2. The number of carbonyl (C=O) groups excluding carboxylic acids is 2. The highest BCUT2D eigenvalue weighted by molar-refractivity contribution is 5.88. The second-order valence-corrected chi connectivity index (χ2v) is 12.0. The fourth-order valence-electron chi connectivity index (χ4n) is 6.41. The minimum atomic E-state index is -0.604. The van der Waals surface area contributed by atoms with E-state index in [0.29, 0.717) is 23.3 Å². The second kappa shape index (κ2) is 16.0. The van der Waals surface area contributed by atoms with Crippen LogP contribution >= 0.6 is 0 Å². The Hall–Kier alpha value is -2.40. The van der Waals surface area contributed by atoms with Crippen molar-refractivity contribution in [3.05, 3.63) is 59.7 Å². The van der Waals surface area contributed by atoms with E-state index in [1.807, 2.05) is 0 Å². The van der Waals surface area contributed by atoms with Crippen LogP contribution in [0, 0.1) is 17.8 Å². The van der Waals surface area contributed by atoms with Crippen LogP contribution in [0.3, 0.4) is 0 Å². The van der Waals surface area contributed by atoms with E-state index in [1.165, 1.54) is 62.5 Å². The summed E-state index contributed by atoms with van der Waals surface area (Å²) in [5, 5.41) is 9.15. The smallest absolute Gasteiger partial charge is 0.335 e. The van der Waals surface area contributed by atoms with Crippen LogP contribution in [0.1, 0.15) is 114 Å². The number of aliphatic hydroxyl groups is 1. The summed E-state index contributed by atoms with van der Waals surface area (Å²) in [7, 11) is 0. The van der Waals surface area contributed by atoms with Gasteiger partial charge < -0.3 is 14.6 Å². The van der Waals surface area contributed by atoms with Gasteiger partial charge in [0, 0.05) is 11.5 Å². The molecule has 0 spiro atoms. The van der Waals surface area contributed by atoms with Gasteiger partial charge in [-0.2, -0.15) is 0 Å². The Balaban J connectivity index is 1.51. The lowest BCUT2D eigenvalue weighted by atomic mass is 9.73. The van der Waals surface area contributed by atoms with Gasteiger partial charge in [-0.25, -0.2) is 9.59 Å². The summed E-state index contributed by atoms with van der Waals surface area (Å²) in [5.74, 6) is 1.35. The first-order chi connectivity index (χ1) is 18.8. The summed E-state index contributed by atoms with van der Waals surface area (Å²) in [6.45, 7) is 11.0. The van der Waals surface area contributed by atoms with Crippen molar-refractivity contribution in [2.75, 3.05) is 19.8 Å². The SMILES string of the molecule is C=C(C)C(=O)OCC(COC(=O)C(=C)CO)C1CCC(c2ccc(C3CCC(CCCCC)CC3)cc2)CC1. The van der Waals surface area contributed by atoms with Crippen molar-refractivity contribution in [1.29, 1.82) is 0 Å². The highest BCUT2D eigenvalue weighted by atomic mass is 16.5. The average Bonchev–Trinajstić information content (AvgIpc) is 2.97. The minimum absolute atomic E-state index is 0.0276. The first-order valence-corrected chi connectivity index (χ1v) is 15.2. The van der Waals surface area contributed by atoms with Gasteiger partial charge in [0.25, 0.3) is 0 Å². The number of aliphatic hydroxyl groups excluding tert-OH is 1. The summed E-state index contributed by atoms with van der Waals surface area (Å²) >= 11 is 0. The lowest BCUT2D eigenvalue weighted by molar-refractivity contribution is -0.146. The maximum absolute atomic E-state index is 12.1. The van der Waals surface area contributed by atoms with E-state index in [-0.39, 0.29) is 24.7 Å². The summed E-state index contributed by atoms with van der Waals surface area (Å²) in [5.41, 5.74) is 3.30. The molecule has 3 rings (SSSR count). The summed E-state index contributed by atoms with van der Waals surface area (Å²) in [6.07, 6.45) is 15.0. The zero-order valence-corrected chi connectivity index (χ0v) is 24.3. The molecule has 1 aromatic carbocycles. The highest BCUT2D eigenvalue weighted by Gasteiger charge is 2.31. The zero-order chi connectivity index (χ0) is 28.2. The molecule has 0 saturated heterocycles. The molecule has 2 fully saturated rings. The number of hydrogen-bond acceptors (Lipinski definition) is 5. The Morgan fingerprint density at radius 2 is 1.36 bits per heavy atom. The third kappa shape index (κ3) is 9.63. The van der Waals surface area contributed by atoms with Gasteiger partial charge in [0.2, 0.25) is 0 Å². The van der Waals surface area contributed by atoms with Gasteiger partial charge in [0.1, 0.15) is 0 Å². The number of esters is 2. The molecule has 2 saturated carbocycles. The van der Waals surface area contributed by atoms with Gasteiger partial charge >= 0.3 is 11.9 Å². The fourth-order valence-corrected chi connectivity index (χ4v) is 6.41. The van der Waals surface area contributed by atoms with Gasteiger partial charge in [-0.05, 0) is 93.1 Å². The molecule has 0 bridgehead atoms. The quantitative estimate of drug-likeness (QED) is 0.150.